The number of ether oxygens (including phenoxy) is 1. The summed E-state index contributed by atoms with van der Waals surface area (Å²) in [6.45, 7) is 9.27. The first-order chi connectivity index (χ1) is 10.9. The van der Waals surface area contributed by atoms with E-state index in [0.29, 0.717) is 19.6 Å². The van der Waals surface area contributed by atoms with E-state index in [1.807, 2.05) is 25.5 Å². The zero-order valence-electron chi connectivity index (χ0n) is 14.3. The molecule has 2 rings (SSSR count). The van der Waals surface area contributed by atoms with Gasteiger partial charge in [0.2, 0.25) is 5.91 Å². The van der Waals surface area contributed by atoms with E-state index in [-0.39, 0.29) is 12.0 Å². The fraction of sp³-hybridized carbons (Fsp3) is 0.444. The van der Waals surface area contributed by atoms with Crippen LogP contribution in [0.15, 0.2) is 24.3 Å². The normalized spacial score (nSPS) is 12.3. The Morgan fingerprint density at radius 1 is 1.30 bits per heavy atom. The molecule has 0 aliphatic heterocycles. The fourth-order valence-electron chi connectivity index (χ4n) is 2.82. The van der Waals surface area contributed by atoms with Gasteiger partial charge in [-0.15, -0.1) is 0 Å². The molecule has 1 amide bonds. The Labute approximate surface area is 137 Å². The summed E-state index contributed by atoms with van der Waals surface area (Å²) < 4.78 is 7.47. The number of primary amides is 1. The maximum Gasteiger partial charge on any atom is 0.219 e. The maximum absolute atomic E-state index is 11.0. The third-order valence-corrected chi connectivity index (χ3v) is 4.04. The zero-order valence-corrected chi connectivity index (χ0v) is 14.3. The quantitative estimate of drug-likeness (QED) is 0.853. The van der Waals surface area contributed by atoms with E-state index in [4.69, 9.17) is 10.5 Å². The summed E-state index contributed by atoms with van der Waals surface area (Å²) in [7, 11) is 0. The first-order valence-corrected chi connectivity index (χ1v) is 7.98. The minimum atomic E-state index is -0.312. The Morgan fingerprint density at radius 2 is 1.96 bits per heavy atom. The van der Waals surface area contributed by atoms with Crippen molar-refractivity contribution in [2.45, 2.75) is 46.8 Å². The van der Waals surface area contributed by atoms with E-state index in [1.54, 1.807) is 0 Å². The van der Waals surface area contributed by atoms with Gasteiger partial charge < -0.3 is 10.5 Å². The van der Waals surface area contributed by atoms with Gasteiger partial charge >= 0.3 is 0 Å². The number of nitrogens with zero attached hydrogens (tertiary/aromatic N) is 2. The van der Waals surface area contributed by atoms with Crippen LogP contribution in [-0.4, -0.2) is 22.3 Å². The Hall–Kier alpha value is -2.14. The molecule has 0 unspecified atom stereocenters. The highest BCUT2D eigenvalue weighted by Crippen LogP contribution is 2.28. The van der Waals surface area contributed by atoms with Gasteiger partial charge in [0.15, 0.2) is 0 Å². The molecule has 2 aromatic rings. The van der Waals surface area contributed by atoms with Crippen molar-refractivity contribution in [3.8, 4) is 11.1 Å². The van der Waals surface area contributed by atoms with Crippen LogP contribution < -0.4 is 5.73 Å². The second kappa shape index (κ2) is 7.42. The summed E-state index contributed by atoms with van der Waals surface area (Å²) >= 11 is 0. The van der Waals surface area contributed by atoms with Crippen LogP contribution in [0.25, 0.3) is 11.1 Å². The van der Waals surface area contributed by atoms with E-state index < -0.39 is 0 Å². The Bertz CT molecular complexity index is 674. The number of nitrogens with two attached hydrogens (primary N) is 1. The van der Waals surface area contributed by atoms with Crippen molar-refractivity contribution in [2.75, 3.05) is 6.61 Å². The smallest absolute Gasteiger partial charge is 0.219 e. The molecule has 1 atom stereocenters. The third-order valence-electron chi connectivity index (χ3n) is 4.04. The summed E-state index contributed by atoms with van der Waals surface area (Å²) in [5, 5.41) is 4.53. The Kier molecular flexibility index (Phi) is 5.55. The van der Waals surface area contributed by atoms with Crippen molar-refractivity contribution < 1.29 is 9.53 Å². The highest BCUT2D eigenvalue weighted by atomic mass is 16.5. The maximum atomic E-state index is 11.0. The number of rotatable bonds is 7. The van der Waals surface area contributed by atoms with Crippen LogP contribution in [-0.2, 0) is 16.1 Å². The van der Waals surface area contributed by atoms with Gasteiger partial charge in [-0.25, -0.2) is 0 Å². The monoisotopic (exact) mass is 315 g/mol. The molecule has 0 fully saturated rings. The average Bonchev–Trinajstić information content (AvgIpc) is 2.80. The minimum Gasteiger partial charge on any atom is -0.374 e. The van der Waals surface area contributed by atoms with E-state index in [1.165, 1.54) is 0 Å². The topological polar surface area (TPSA) is 70.1 Å². The number of carbonyl (C=O) groups excluding carboxylic acids is 1. The molecule has 0 saturated carbocycles. The molecule has 0 saturated heterocycles. The summed E-state index contributed by atoms with van der Waals surface area (Å²) in [6.07, 6.45) is 0.390. The number of aryl methyl sites for hydroxylation is 2. The molecular weight excluding hydrogens is 290 g/mol. The van der Waals surface area contributed by atoms with E-state index >= 15 is 0 Å². The van der Waals surface area contributed by atoms with E-state index in [0.717, 1.165) is 28.1 Å². The first-order valence-electron chi connectivity index (χ1n) is 7.98. The number of hydrogen-bond acceptors (Lipinski definition) is 3. The minimum absolute atomic E-state index is 0.0922. The van der Waals surface area contributed by atoms with Gasteiger partial charge in [-0.1, -0.05) is 24.3 Å². The van der Waals surface area contributed by atoms with Crippen molar-refractivity contribution in [2.24, 2.45) is 5.73 Å². The van der Waals surface area contributed by atoms with Crippen molar-refractivity contribution in [3.63, 3.8) is 0 Å². The number of carbonyl (C=O) groups is 1. The first kappa shape index (κ1) is 17.2. The van der Waals surface area contributed by atoms with Crippen LogP contribution >= 0.6 is 0 Å². The summed E-state index contributed by atoms with van der Waals surface area (Å²) in [5.74, 6) is -0.312. The second-order valence-corrected chi connectivity index (χ2v) is 5.70. The summed E-state index contributed by atoms with van der Waals surface area (Å²) in [4.78, 5) is 11.0. The molecule has 0 spiro atoms. The van der Waals surface area contributed by atoms with Crippen LogP contribution in [0.2, 0.25) is 0 Å². The predicted molar refractivity (Wildman–Crippen MR) is 91.0 cm³/mol. The molecule has 5 heteroatoms. The highest BCUT2D eigenvalue weighted by molar-refractivity contribution is 5.73. The van der Waals surface area contributed by atoms with Gasteiger partial charge in [-0.3, -0.25) is 9.48 Å². The van der Waals surface area contributed by atoms with Gasteiger partial charge in [-0.2, -0.15) is 5.10 Å². The second-order valence-electron chi connectivity index (χ2n) is 5.70. The molecule has 0 bridgehead atoms. The van der Waals surface area contributed by atoms with Crippen LogP contribution in [0.5, 0.6) is 0 Å². The lowest BCUT2D eigenvalue weighted by Crippen LogP contribution is -2.15. The van der Waals surface area contributed by atoms with E-state index in [2.05, 4.69) is 36.3 Å². The van der Waals surface area contributed by atoms with Gasteiger partial charge in [-0.05, 0) is 38.8 Å². The van der Waals surface area contributed by atoms with Crippen molar-refractivity contribution >= 4 is 5.91 Å². The Morgan fingerprint density at radius 3 is 2.52 bits per heavy atom. The van der Waals surface area contributed by atoms with Gasteiger partial charge in [0.05, 0.1) is 11.8 Å². The number of benzene rings is 1. The van der Waals surface area contributed by atoms with Gasteiger partial charge in [0.1, 0.15) is 0 Å². The van der Waals surface area contributed by atoms with E-state index in [9.17, 15) is 4.79 Å². The standard InChI is InChI=1S/C18H25N3O2/c1-5-23-14(4)15-6-8-16(9-7-15)18-12(2)20-21(13(18)3)11-10-17(19)22/h6-9,14H,5,10-11H2,1-4H3,(H2,19,22)/t14-/m1/s1. The van der Waals surface area contributed by atoms with Crippen LogP contribution in [0.3, 0.4) is 0 Å². The average molecular weight is 315 g/mol. The van der Waals surface area contributed by atoms with Crippen molar-refractivity contribution in [3.05, 3.63) is 41.2 Å². The van der Waals surface area contributed by atoms with Gasteiger partial charge in [0, 0.05) is 30.8 Å². The molecule has 124 valence electrons. The molecule has 2 N–H and O–H groups in total. The molecule has 0 aliphatic carbocycles. The highest BCUT2D eigenvalue weighted by Gasteiger charge is 2.14. The van der Waals surface area contributed by atoms with Crippen LogP contribution in [0.4, 0.5) is 0 Å². The third kappa shape index (κ3) is 3.99. The zero-order chi connectivity index (χ0) is 17.0. The molecule has 1 aromatic heterocycles. The SMILES string of the molecule is CCO[C@H](C)c1ccc(-c2c(C)nn(CCC(N)=O)c2C)cc1. The molecular formula is C18H25N3O2. The summed E-state index contributed by atoms with van der Waals surface area (Å²) in [6, 6.07) is 8.38. The Balaban J connectivity index is 2.26. The lowest BCUT2D eigenvalue weighted by atomic mass is 10.0. The number of aromatic nitrogens is 2. The van der Waals surface area contributed by atoms with Crippen molar-refractivity contribution in [1.29, 1.82) is 0 Å². The lowest BCUT2D eigenvalue weighted by Gasteiger charge is -2.12. The fourth-order valence-corrected chi connectivity index (χ4v) is 2.82. The molecule has 1 aromatic carbocycles. The molecule has 0 radical (unpaired) electrons. The van der Waals surface area contributed by atoms with Crippen LogP contribution in [0, 0.1) is 13.8 Å². The van der Waals surface area contributed by atoms with Crippen molar-refractivity contribution in [1.82, 2.24) is 9.78 Å². The molecule has 5 nitrogen and oxygen atoms in total. The van der Waals surface area contributed by atoms with Crippen LogP contribution in [0.1, 0.15) is 43.3 Å². The van der Waals surface area contributed by atoms with Gasteiger partial charge in [0.25, 0.3) is 0 Å². The number of amides is 1. The molecule has 0 aliphatic rings. The number of hydrogen-bond donors (Lipinski definition) is 1. The lowest BCUT2D eigenvalue weighted by molar-refractivity contribution is -0.118. The molecule has 23 heavy (non-hydrogen) atoms. The molecule has 1 heterocycles. The predicted octanol–water partition coefficient (Wildman–Crippen LogP) is 3.14. The largest absolute Gasteiger partial charge is 0.374 e. The summed E-state index contributed by atoms with van der Waals surface area (Å²) in [5.41, 5.74) is 10.6.